The van der Waals surface area contributed by atoms with Gasteiger partial charge in [0.15, 0.2) is 5.69 Å². The molecule has 0 radical (unpaired) electrons. The first-order chi connectivity index (χ1) is 9.15. The summed E-state index contributed by atoms with van der Waals surface area (Å²) in [4.78, 5) is 24.4. The van der Waals surface area contributed by atoms with E-state index in [1.165, 1.54) is 26.6 Å². The molecule has 0 aliphatic rings. The summed E-state index contributed by atoms with van der Waals surface area (Å²) in [5.74, 6) is 0.129. The van der Waals surface area contributed by atoms with Crippen molar-refractivity contribution in [2.24, 2.45) is 0 Å². The zero-order valence-corrected chi connectivity index (χ0v) is 10.9. The number of pyridine rings is 1. The monoisotopic (exact) mass is 259 g/mol. The molecule has 0 aliphatic carbocycles. The predicted octanol–water partition coefficient (Wildman–Crippen LogP) is 1.43. The average Bonchev–Trinajstić information content (AvgIpc) is 2.45. The molecule has 0 saturated carbocycles. The van der Waals surface area contributed by atoms with Crippen LogP contribution in [-0.4, -0.2) is 35.0 Å². The zero-order chi connectivity index (χ0) is 13.8. The molecule has 0 amide bonds. The summed E-state index contributed by atoms with van der Waals surface area (Å²) in [5, 5.41) is 0. The van der Waals surface area contributed by atoms with Crippen LogP contribution in [0.2, 0.25) is 0 Å². The summed E-state index contributed by atoms with van der Waals surface area (Å²) in [7, 11) is 2.89. The maximum atomic E-state index is 12.3. The van der Waals surface area contributed by atoms with Crippen molar-refractivity contribution in [2.45, 2.75) is 6.92 Å². The van der Waals surface area contributed by atoms with E-state index in [2.05, 4.69) is 15.0 Å². The van der Waals surface area contributed by atoms with E-state index in [1.54, 1.807) is 12.3 Å². The second-order valence-corrected chi connectivity index (χ2v) is 3.85. The summed E-state index contributed by atoms with van der Waals surface area (Å²) in [6, 6.07) is 1.74. The van der Waals surface area contributed by atoms with Crippen molar-refractivity contribution in [3.8, 4) is 11.8 Å². The van der Waals surface area contributed by atoms with Crippen molar-refractivity contribution in [2.75, 3.05) is 14.2 Å². The van der Waals surface area contributed by atoms with Gasteiger partial charge in [0.25, 0.3) is 0 Å². The Labute approximate surface area is 110 Å². The van der Waals surface area contributed by atoms with Crippen molar-refractivity contribution < 1.29 is 14.3 Å². The summed E-state index contributed by atoms with van der Waals surface area (Å²) in [6.07, 6.45) is 4.54. The number of ether oxygens (including phenoxy) is 2. The van der Waals surface area contributed by atoms with Gasteiger partial charge in [-0.3, -0.25) is 9.78 Å². The van der Waals surface area contributed by atoms with E-state index in [4.69, 9.17) is 9.47 Å². The van der Waals surface area contributed by atoms with E-state index in [1.807, 2.05) is 6.92 Å². The summed E-state index contributed by atoms with van der Waals surface area (Å²) < 4.78 is 10.0. The first-order valence-electron chi connectivity index (χ1n) is 5.57. The molecule has 2 aromatic rings. The Morgan fingerprint density at radius 1 is 1.16 bits per heavy atom. The predicted molar refractivity (Wildman–Crippen MR) is 67.5 cm³/mol. The van der Waals surface area contributed by atoms with Gasteiger partial charge in [0.2, 0.25) is 17.5 Å². The van der Waals surface area contributed by atoms with Crippen molar-refractivity contribution in [1.29, 1.82) is 0 Å². The molecular weight excluding hydrogens is 246 g/mol. The van der Waals surface area contributed by atoms with E-state index < -0.39 is 0 Å². The van der Waals surface area contributed by atoms with Gasteiger partial charge in [-0.2, -0.15) is 4.98 Å². The minimum atomic E-state index is -0.289. The molecular formula is C13H13N3O3. The molecule has 0 fully saturated rings. The van der Waals surface area contributed by atoms with Crippen molar-refractivity contribution in [3.05, 3.63) is 41.5 Å². The Bertz CT molecular complexity index is 614. The van der Waals surface area contributed by atoms with Crippen LogP contribution in [0.1, 0.15) is 21.6 Å². The molecule has 6 heteroatoms. The number of ketones is 1. The Morgan fingerprint density at radius 2 is 1.95 bits per heavy atom. The number of carbonyl (C=O) groups excluding carboxylic acids is 1. The Hall–Kier alpha value is -2.50. The number of hydrogen-bond acceptors (Lipinski definition) is 6. The van der Waals surface area contributed by atoms with Gasteiger partial charge < -0.3 is 9.47 Å². The molecule has 2 heterocycles. The fraction of sp³-hybridized carbons (Fsp3) is 0.231. The van der Waals surface area contributed by atoms with Crippen molar-refractivity contribution >= 4 is 5.78 Å². The summed E-state index contributed by atoms with van der Waals surface area (Å²) in [5.41, 5.74) is 1.47. The molecule has 6 nitrogen and oxygen atoms in total. The van der Waals surface area contributed by atoms with Gasteiger partial charge in [0.05, 0.1) is 20.4 Å². The lowest BCUT2D eigenvalue weighted by Gasteiger charge is -2.07. The van der Waals surface area contributed by atoms with Crippen molar-refractivity contribution in [1.82, 2.24) is 15.0 Å². The lowest BCUT2D eigenvalue weighted by molar-refractivity contribution is 0.102. The minimum Gasteiger partial charge on any atom is -0.480 e. The number of methoxy groups -OCH3 is 2. The molecule has 0 bridgehead atoms. The van der Waals surface area contributed by atoms with Crippen LogP contribution >= 0.6 is 0 Å². The first kappa shape index (κ1) is 12.9. The van der Waals surface area contributed by atoms with E-state index in [0.717, 1.165) is 5.56 Å². The maximum absolute atomic E-state index is 12.3. The molecule has 19 heavy (non-hydrogen) atoms. The van der Waals surface area contributed by atoms with Crippen LogP contribution in [0, 0.1) is 6.92 Å². The molecule has 2 aromatic heterocycles. The van der Waals surface area contributed by atoms with Crippen molar-refractivity contribution in [3.63, 3.8) is 0 Å². The normalized spacial score (nSPS) is 10.1. The third-order valence-electron chi connectivity index (χ3n) is 2.47. The molecule has 0 saturated heterocycles. The minimum absolute atomic E-state index is 0.130. The van der Waals surface area contributed by atoms with Gasteiger partial charge >= 0.3 is 0 Å². The fourth-order valence-electron chi connectivity index (χ4n) is 1.57. The lowest BCUT2D eigenvalue weighted by Crippen LogP contribution is -2.09. The Morgan fingerprint density at radius 3 is 2.58 bits per heavy atom. The smallest absolute Gasteiger partial charge is 0.247 e. The molecule has 0 unspecified atom stereocenters. The van der Waals surface area contributed by atoms with E-state index in [-0.39, 0.29) is 23.2 Å². The van der Waals surface area contributed by atoms with Gasteiger partial charge in [0.1, 0.15) is 0 Å². The number of hydrogen-bond donors (Lipinski definition) is 0. The molecule has 0 N–H and O–H groups in total. The third-order valence-corrected chi connectivity index (χ3v) is 2.47. The first-order valence-corrected chi connectivity index (χ1v) is 5.57. The highest BCUT2D eigenvalue weighted by atomic mass is 16.5. The number of carbonyl (C=O) groups is 1. The second kappa shape index (κ2) is 5.43. The van der Waals surface area contributed by atoms with Crippen LogP contribution in [0.4, 0.5) is 0 Å². The molecule has 0 aromatic carbocycles. The highest BCUT2D eigenvalue weighted by molar-refractivity contribution is 6.08. The summed E-state index contributed by atoms with van der Waals surface area (Å²) >= 11 is 0. The second-order valence-electron chi connectivity index (χ2n) is 3.85. The standard InChI is InChI=1S/C13H13N3O3/c1-8-4-9(6-14-5-8)12(17)11-13(19-3)16-10(18-2)7-15-11/h4-7H,1-3H3. The van der Waals surface area contributed by atoms with Gasteiger partial charge in [-0.05, 0) is 18.6 Å². The number of rotatable bonds is 4. The molecule has 0 spiro atoms. The van der Waals surface area contributed by atoms with Gasteiger partial charge in [-0.25, -0.2) is 4.98 Å². The van der Waals surface area contributed by atoms with E-state index >= 15 is 0 Å². The highest BCUT2D eigenvalue weighted by Crippen LogP contribution is 2.20. The van der Waals surface area contributed by atoms with Gasteiger partial charge in [-0.15, -0.1) is 0 Å². The third kappa shape index (κ3) is 2.67. The average molecular weight is 259 g/mol. The Kier molecular flexibility index (Phi) is 3.70. The van der Waals surface area contributed by atoms with E-state index in [9.17, 15) is 4.79 Å². The molecule has 0 aliphatic heterocycles. The van der Waals surface area contributed by atoms with Gasteiger partial charge in [0, 0.05) is 18.0 Å². The topological polar surface area (TPSA) is 74.2 Å². The molecule has 0 atom stereocenters. The number of aryl methyl sites for hydroxylation is 1. The van der Waals surface area contributed by atoms with Crippen LogP contribution in [-0.2, 0) is 0 Å². The van der Waals surface area contributed by atoms with Crippen LogP contribution in [0.25, 0.3) is 0 Å². The number of aromatic nitrogens is 3. The molecule has 2 rings (SSSR count). The largest absolute Gasteiger partial charge is 0.480 e. The highest BCUT2D eigenvalue weighted by Gasteiger charge is 2.18. The SMILES string of the molecule is COc1cnc(C(=O)c2cncc(C)c2)c(OC)n1. The van der Waals surface area contributed by atoms with Crippen LogP contribution in [0.5, 0.6) is 11.8 Å². The summed E-state index contributed by atoms with van der Waals surface area (Å²) in [6.45, 7) is 1.86. The fourth-order valence-corrected chi connectivity index (χ4v) is 1.57. The maximum Gasteiger partial charge on any atom is 0.247 e. The van der Waals surface area contributed by atoms with Crippen LogP contribution < -0.4 is 9.47 Å². The quantitative estimate of drug-likeness (QED) is 0.773. The number of nitrogens with zero attached hydrogens (tertiary/aromatic N) is 3. The lowest BCUT2D eigenvalue weighted by atomic mass is 10.1. The van der Waals surface area contributed by atoms with E-state index in [0.29, 0.717) is 5.56 Å². The Balaban J connectivity index is 2.44. The van der Waals surface area contributed by atoms with Gasteiger partial charge in [-0.1, -0.05) is 0 Å². The van der Waals surface area contributed by atoms with Crippen LogP contribution in [0.15, 0.2) is 24.7 Å². The molecule has 98 valence electrons. The van der Waals surface area contributed by atoms with Crippen LogP contribution in [0.3, 0.4) is 0 Å². The zero-order valence-electron chi connectivity index (χ0n) is 10.9.